The number of carbonyl (C=O) groups is 1. The Morgan fingerprint density at radius 3 is 2.67 bits per heavy atom. The van der Waals surface area contributed by atoms with Crippen LogP contribution in [-0.2, 0) is 9.22 Å². The number of amides is 1. The van der Waals surface area contributed by atoms with E-state index in [2.05, 4.69) is 25.0 Å². The molecule has 1 fully saturated rings. The average molecular weight is 225 g/mol. The monoisotopic (exact) mass is 225 g/mol. The number of β-lactam (4-membered cyclic amide) rings is 1. The second-order valence-electron chi connectivity index (χ2n) is 4.65. The van der Waals surface area contributed by atoms with Crippen molar-refractivity contribution in [1.82, 2.24) is 5.32 Å². The third kappa shape index (κ3) is 2.13. The third-order valence-corrected chi connectivity index (χ3v) is 3.15. The highest BCUT2D eigenvalue weighted by Gasteiger charge is 2.44. The average Bonchev–Trinajstić information content (AvgIpc) is 2.61. The summed E-state index contributed by atoms with van der Waals surface area (Å²) in [6.45, 7) is 6.20. The molecule has 2 heterocycles. The van der Waals surface area contributed by atoms with E-state index in [1.54, 1.807) is 6.26 Å². The van der Waals surface area contributed by atoms with Crippen molar-refractivity contribution in [3.63, 3.8) is 0 Å². The molecule has 4 nitrogen and oxygen atoms in total. The molecule has 2 atom stereocenters. The molecule has 1 aliphatic heterocycles. The number of furan rings is 1. The van der Waals surface area contributed by atoms with E-state index in [-0.39, 0.29) is 18.1 Å². The Bertz CT molecular complexity index is 355. The van der Waals surface area contributed by atoms with Crippen LogP contribution in [0.2, 0.25) is 19.6 Å². The molecule has 1 aromatic heterocycles. The molecule has 0 unspecified atom stereocenters. The highest BCUT2D eigenvalue weighted by Crippen LogP contribution is 2.29. The van der Waals surface area contributed by atoms with Gasteiger partial charge in [-0.15, -0.1) is 0 Å². The fourth-order valence-corrected chi connectivity index (χ4v) is 2.56. The first-order valence-electron chi connectivity index (χ1n) is 4.99. The van der Waals surface area contributed by atoms with Crippen molar-refractivity contribution >= 4 is 14.2 Å². The lowest BCUT2D eigenvalue weighted by Gasteiger charge is -2.38. The highest BCUT2D eigenvalue weighted by atomic mass is 28.4. The normalized spacial score (nSPS) is 25.9. The van der Waals surface area contributed by atoms with E-state index in [1.807, 2.05) is 12.1 Å². The highest BCUT2D eigenvalue weighted by molar-refractivity contribution is 6.70. The number of rotatable bonds is 3. The fraction of sp³-hybridized carbons (Fsp3) is 0.500. The van der Waals surface area contributed by atoms with Crippen molar-refractivity contribution in [2.45, 2.75) is 31.8 Å². The van der Waals surface area contributed by atoms with E-state index < -0.39 is 8.32 Å². The first-order valence-corrected chi connectivity index (χ1v) is 8.40. The molecule has 2 rings (SSSR count). The van der Waals surface area contributed by atoms with Gasteiger partial charge in [0, 0.05) is 0 Å². The van der Waals surface area contributed by atoms with Crippen LogP contribution in [0.4, 0.5) is 0 Å². The molecule has 1 amide bonds. The molecule has 0 saturated carbocycles. The van der Waals surface area contributed by atoms with Gasteiger partial charge in [-0.05, 0) is 31.8 Å². The summed E-state index contributed by atoms with van der Waals surface area (Å²) >= 11 is 0. The topological polar surface area (TPSA) is 51.5 Å². The molecule has 0 radical (unpaired) electrons. The first kappa shape index (κ1) is 10.4. The predicted octanol–water partition coefficient (Wildman–Crippen LogP) is 1.67. The molecule has 1 saturated heterocycles. The van der Waals surface area contributed by atoms with Gasteiger partial charge in [0.2, 0.25) is 0 Å². The largest absolute Gasteiger partial charge is 0.467 e. The summed E-state index contributed by atoms with van der Waals surface area (Å²) in [4.78, 5) is 11.4. The third-order valence-electron chi connectivity index (χ3n) is 2.19. The number of carbonyl (C=O) groups excluding carboxylic acids is 1. The van der Waals surface area contributed by atoms with E-state index in [1.165, 1.54) is 0 Å². The maximum atomic E-state index is 11.4. The zero-order chi connectivity index (χ0) is 11.1. The van der Waals surface area contributed by atoms with Crippen LogP contribution in [-0.4, -0.2) is 20.3 Å². The van der Waals surface area contributed by atoms with Crippen LogP contribution < -0.4 is 5.32 Å². The van der Waals surface area contributed by atoms with Crippen molar-refractivity contribution in [3.05, 3.63) is 24.2 Å². The predicted molar refractivity (Wildman–Crippen MR) is 57.8 cm³/mol. The van der Waals surface area contributed by atoms with Crippen LogP contribution in [0.15, 0.2) is 22.8 Å². The molecule has 0 bridgehead atoms. The Labute approximate surface area is 89.7 Å². The molecule has 0 aliphatic carbocycles. The minimum atomic E-state index is -1.69. The lowest BCUT2D eigenvalue weighted by atomic mass is 10.0. The van der Waals surface area contributed by atoms with Crippen LogP contribution in [0.1, 0.15) is 11.8 Å². The smallest absolute Gasteiger partial charge is 0.251 e. The van der Waals surface area contributed by atoms with Gasteiger partial charge in [-0.3, -0.25) is 4.79 Å². The summed E-state index contributed by atoms with van der Waals surface area (Å²) in [5, 5.41) is 2.78. The number of hydrogen-bond donors (Lipinski definition) is 1. The van der Waals surface area contributed by atoms with Gasteiger partial charge in [0.25, 0.3) is 5.91 Å². The van der Waals surface area contributed by atoms with Crippen molar-refractivity contribution in [2.24, 2.45) is 0 Å². The van der Waals surface area contributed by atoms with E-state index in [0.29, 0.717) is 0 Å². The van der Waals surface area contributed by atoms with Gasteiger partial charge in [-0.2, -0.15) is 0 Å². The van der Waals surface area contributed by atoms with Crippen molar-refractivity contribution < 1.29 is 13.6 Å². The summed E-state index contributed by atoms with van der Waals surface area (Å²) in [6, 6.07) is 3.55. The summed E-state index contributed by atoms with van der Waals surface area (Å²) in [5.74, 6) is 0.719. The molecule has 5 heteroatoms. The van der Waals surface area contributed by atoms with E-state index in [9.17, 15) is 4.79 Å². The van der Waals surface area contributed by atoms with Crippen LogP contribution >= 0.6 is 0 Å². The molecule has 0 spiro atoms. The van der Waals surface area contributed by atoms with E-state index >= 15 is 0 Å². The van der Waals surface area contributed by atoms with Crippen LogP contribution in [0.5, 0.6) is 0 Å². The second kappa shape index (κ2) is 3.50. The Hall–Kier alpha value is -1.07. The van der Waals surface area contributed by atoms with Gasteiger partial charge in [-0.25, -0.2) is 0 Å². The van der Waals surface area contributed by atoms with Gasteiger partial charge in [0.15, 0.2) is 14.4 Å². The lowest BCUT2D eigenvalue weighted by molar-refractivity contribution is -0.141. The molecule has 0 aromatic carbocycles. The zero-order valence-electron chi connectivity index (χ0n) is 9.11. The van der Waals surface area contributed by atoms with E-state index in [0.717, 1.165) is 5.76 Å². The Balaban J connectivity index is 2.07. The molecular formula is C10H15NO3Si. The van der Waals surface area contributed by atoms with Gasteiger partial charge in [0.1, 0.15) is 11.8 Å². The maximum Gasteiger partial charge on any atom is 0.251 e. The zero-order valence-corrected chi connectivity index (χ0v) is 10.1. The number of nitrogens with one attached hydrogen (secondary N) is 1. The van der Waals surface area contributed by atoms with Crippen LogP contribution in [0.25, 0.3) is 0 Å². The van der Waals surface area contributed by atoms with Crippen LogP contribution in [0, 0.1) is 0 Å². The first-order chi connectivity index (χ1) is 6.97. The molecule has 1 N–H and O–H groups in total. The minimum Gasteiger partial charge on any atom is -0.467 e. The summed E-state index contributed by atoms with van der Waals surface area (Å²) in [6.07, 6.45) is 1.23. The van der Waals surface area contributed by atoms with Crippen molar-refractivity contribution in [3.8, 4) is 0 Å². The SMILES string of the molecule is C[Si](C)(C)O[C@@H]1C(=O)N[C@@H]1c1ccco1. The van der Waals surface area contributed by atoms with E-state index in [4.69, 9.17) is 8.84 Å². The Kier molecular flexibility index (Phi) is 2.44. The quantitative estimate of drug-likeness (QED) is 0.629. The van der Waals surface area contributed by atoms with Gasteiger partial charge in [-0.1, -0.05) is 0 Å². The van der Waals surface area contributed by atoms with Crippen molar-refractivity contribution in [1.29, 1.82) is 0 Å². The van der Waals surface area contributed by atoms with Gasteiger partial charge < -0.3 is 14.2 Å². The molecule has 1 aliphatic rings. The molecule has 1 aromatic rings. The molecular weight excluding hydrogens is 210 g/mol. The summed E-state index contributed by atoms with van der Waals surface area (Å²) < 4.78 is 11.0. The minimum absolute atomic E-state index is 0.0428. The lowest BCUT2D eigenvalue weighted by Crippen LogP contribution is -2.59. The van der Waals surface area contributed by atoms with Crippen LogP contribution in [0.3, 0.4) is 0 Å². The van der Waals surface area contributed by atoms with Gasteiger partial charge >= 0.3 is 0 Å². The second-order valence-corrected chi connectivity index (χ2v) is 9.11. The summed E-state index contributed by atoms with van der Waals surface area (Å²) in [7, 11) is -1.69. The Morgan fingerprint density at radius 2 is 2.20 bits per heavy atom. The standard InChI is InChI=1S/C10H15NO3Si/c1-15(2,3)14-9-8(11-10(9)12)7-5-4-6-13-7/h4-6,8-9H,1-3H3,(H,11,12)/t8-,9+/m1/s1. The summed E-state index contributed by atoms with van der Waals surface area (Å²) in [5.41, 5.74) is 0. The molecule has 82 valence electrons. The van der Waals surface area contributed by atoms with Crippen molar-refractivity contribution in [2.75, 3.05) is 0 Å². The van der Waals surface area contributed by atoms with Gasteiger partial charge in [0.05, 0.1) is 6.26 Å². The number of hydrogen-bond acceptors (Lipinski definition) is 3. The maximum absolute atomic E-state index is 11.4. The Morgan fingerprint density at radius 1 is 1.47 bits per heavy atom. The fourth-order valence-electron chi connectivity index (χ4n) is 1.56. The molecule has 15 heavy (non-hydrogen) atoms.